The number of aryl methyl sites for hydroxylation is 1. The summed E-state index contributed by atoms with van der Waals surface area (Å²) in [5.74, 6) is 0.254. The standard InChI is InChI=1S/C17H18OS/c1-14(18)17(19-16-10-6-3-7-11-16)13-12-15-8-4-2-5-9-15/h2-11,17H,12-13H2,1H3. The number of carbonyl (C=O) groups excluding carboxylic acids is 1. The average Bonchev–Trinajstić information content (AvgIpc) is 2.45. The Bertz CT molecular complexity index is 507. The zero-order chi connectivity index (χ0) is 13.5. The highest BCUT2D eigenvalue weighted by Crippen LogP contribution is 2.26. The van der Waals surface area contributed by atoms with Crippen molar-refractivity contribution in [3.8, 4) is 0 Å². The van der Waals surface area contributed by atoms with Crippen LogP contribution in [0.1, 0.15) is 18.9 Å². The molecule has 1 atom stereocenters. The van der Waals surface area contributed by atoms with E-state index in [2.05, 4.69) is 24.3 Å². The Labute approximate surface area is 119 Å². The van der Waals surface area contributed by atoms with Gasteiger partial charge in [-0.3, -0.25) is 4.79 Å². The van der Waals surface area contributed by atoms with Crippen LogP contribution < -0.4 is 0 Å². The zero-order valence-corrected chi connectivity index (χ0v) is 11.9. The van der Waals surface area contributed by atoms with Crippen molar-refractivity contribution < 1.29 is 4.79 Å². The number of thioether (sulfide) groups is 1. The van der Waals surface area contributed by atoms with E-state index < -0.39 is 0 Å². The molecule has 0 aliphatic carbocycles. The van der Waals surface area contributed by atoms with Gasteiger partial charge < -0.3 is 0 Å². The number of hydrogen-bond acceptors (Lipinski definition) is 2. The molecule has 0 amide bonds. The van der Waals surface area contributed by atoms with E-state index in [1.807, 2.05) is 36.4 Å². The minimum Gasteiger partial charge on any atom is -0.299 e. The van der Waals surface area contributed by atoms with Gasteiger partial charge in [0.1, 0.15) is 5.78 Å². The van der Waals surface area contributed by atoms with Crippen LogP contribution in [0.15, 0.2) is 65.6 Å². The number of carbonyl (C=O) groups is 1. The Morgan fingerprint density at radius 1 is 1.00 bits per heavy atom. The normalized spacial score (nSPS) is 12.1. The molecule has 0 N–H and O–H groups in total. The maximum Gasteiger partial charge on any atom is 0.143 e. The molecule has 0 saturated carbocycles. The summed E-state index contributed by atoms with van der Waals surface area (Å²) in [6.45, 7) is 1.69. The fourth-order valence-corrected chi connectivity index (χ4v) is 3.00. The van der Waals surface area contributed by atoms with Crippen LogP contribution in [0.3, 0.4) is 0 Å². The number of ketones is 1. The molecule has 0 saturated heterocycles. The van der Waals surface area contributed by atoms with E-state index >= 15 is 0 Å². The second-order valence-electron chi connectivity index (χ2n) is 4.55. The third kappa shape index (κ3) is 4.56. The van der Waals surface area contributed by atoms with E-state index in [1.165, 1.54) is 5.56 Å². The largest absolute Gasteiger partial charge is 0.299 e. The summed E-state index contributed by atoms with van der Waals surface area (Å²) in [6.07, 6.45) is 1.84. The smallest absolute Gasteiger partial charge is 0.143 e. The number of benzene rings is 2. The van der Waals surface area contributed by atoms with Gasteiger partial charge in [-0.15, -0.1) is 11.8 Å². The van der Waals surface area contributed by atoms with Crippen LogP contribution in [0, 0.1) is 0 Å². The minimum absolute atomic E-state index is 0.0441. The van der Waals surface area contributed by atoms with Crippen LogP contribution in [-0.4, -0.2) is 11.0 Å². The summed E-state index contributed by atoms with van der Waals surface area (Å²) >= 11 is 1.67. The van der Waals surface area contributed by atoms with Gasteiger partial charge >= 0.3 is 0 Å². The first-order valence-corrected chi connectivity index (χ1v) is 7.40. The maximum atomic E-state index is 11.7. The van der Waals surface area contributed by atoms with Gasteiger partial charge in [0.2, 0.25) is 0 Å². The molecule has 0 aliphatic heterocycles. The van der Waals surface area contributed by atoms with Gasteiger partial charge in [-0.1, -0.05) is 48.5 Å². The van der Waals surface area contributed by atoms with Gasteiger partial charge in [0.15, 0.2) is 0 Å². The van der Waals surface area contributed by atoms with Crippen LogP contribution in [0.25, 0.3) is 0 Å². The molecule has 0 aromatic heterocycles. The van der Waals surface area contributed by atoms with Crippen molar-refractivity contribution in [2.24, 2.45) is 0 Å². The Hall–Kier alpha value is -1.54. The first kappa shape index (κ1) is 13.9. The van der Waals surface area contributed by atoms with E-state index in [4.69, 9.17) is 0 Å². The third-order valence-corrected chi connectivity index (χ3v) is 4.41. The number of rotatable bonds is 6. The van der Waals surface area contributed by atoms with Gasteiger partial charge in [0.25, 0.3) is 0 Å². The highest BCUT2D eigenvalue weighted by atomic mass is 32.2. The van der Waals surface area contributed by atoms with E-state index in [9.17, 15) is 4.79 Å². The summed E-state index contributed by atoms with van der Waals surface area (Å²) in [5, 5.41) is 0.0441. The van der Waals surface area contributed by atoms with Crippen molar-refractivity contribution in [3.63, 3.8) is 0 Å². The molecule has 0 bridgehead atoms. The summed E-state index contributed by atoms with van der Waals surface area (Å²) in [6, 6.07) is 20.5. The van der Waals surface area contributed by atoms with Crippen LogP contribution in [0.5, 0.6) is 0 Å². The molecule has 98 valence electrons. The lowest BCUT2D eigenvalue weighted by Crippen LogP contribution is -2.14. The van der Waals surface area contributed by atoms with Crippen molar-refractivity contribution in [2.45, 2.75) is 29.9 Å². The van der Waals surface area contributed by atoms with Crippen LogP contribution in [0.2, 0.25) is 0 Å². The topological polar surface area (TPSA) is 17.1 Å². The monoisotopic (exact) mass is 270 g/mol. The lowest BCUT2D eigenvalue weighted by atomic mass is 10.1. The predicted octanol–water partition coefficient (Wildman–Crippen LogP) is 4.37. The second-order valence-corrected chi connectivity index (χ2v) is 5.83. The summed E-state index contributed by atoms with van der Waals surface area (Å²) in [4.78, 5) is 12.9. The highest BCUT2D eigenvalue weighted by Gasteiger charge is 2.15. The van der Waals surface area contributed by atoms with Gasteiger partial charge in [-0.25, -0.2) is 0 Å². The van der Waals surface area contributed by atoms with E-state index in [0.29, 0.717) is 0 Å². The Kier molecular flexibility index (Phi) is 5.22. The van der Waals surface area contributed by atoms with Crippen molar-refractivity contribution in [1.29, 1.82) is 0 Å². The maximum absolute atomic E-state index is 11.7. The molecule has 0 fully saturated rings. The van der Waals surface area contributed by atoms with E-state index in [1.54, 1.807) is 18.7 Å². The molecule has 0 spiro atoms. The SMILES string of the molecule is CC(=O)C(CCc1ccccc1)Sc1ccccc1. The molecule has 2 heteroatoms. The van der Waals surface area contributed by atoms with Crippen LogP contribution in [-0.2, 0) is 11.2 Å². The molecule has 2 rings (SSSR count). The van der Waals surface area contributed by atoms with E-state index in [-0.39, 0.29) is 11.0 Å². The van der Waals surface area contributed by atoms with E-state index in [0.717, 1.165) is 17.7 Å². The summed E-state index contributed by atoms with van der Waals surface area (Å²) < 4.78 is 0. The van der Waals surface area contributed by atoms with Crippen molar-refractivity contribution in [1.82, 2.24) is 0 Å². The third-order valence-electron chi connectivity index (χ3n) is 3.01. The second kappa shape index (κ2) is 7.15. The Morgan fingerprint density at radius 3 is 2.16 bits per heavy atom. The van der Waals surface area contributed by atoms with Crippen molar-refractivity contribution in [2.75, 3.05) is 0 Å². The van der Waals surface area contributed by atoms with Gasteiger partial charge in [0.05, 0.1) is 5.25 Å². The Balaban J connectivity index is 1.95. The minimum atomic E-state index is 0.0441. The average molecular weight is 270 g/mol. The molecular formula is C17H18OS. The molecule has 19 heavy (non-hydrogen) atoms. The molecular weight excluding hydrogens is 252 g/mol. The molecule has 1 unspecified atom stereocenters. The quantitative estimate of drug-likeness (QED) is 0.725. The fourth-order valence-electron chi connectivity index (χ4n) is 1.95. The predicted molar refractivity (Wildman–Crippen MR) is 81.5 cm³/mol. The summed E-state index contributed by atoms with van der Waals surface area (Å²) in [7, 11) is 0. The number of hydrogen-bond donors (Lipinski definition) is 0. The zero-order valence-electron chi connectivity index (χ0n) is 11.1. The van der Waals surface area contributed by atoms with Crippen molar-refractivity contribution in [3.05, 3.63) is 66.2 Å². The molecule has 1 nitrogen and oxygen atoms in total. The van der Waals surface area contributed by atoms with Crippen LogP contribution >= 0.6 is 11.8 Å². The molecule has 0 aliphatic rings. The van der Waals surface area contributed by atoms with Gasteiger partial charge in [0, 0.05) is 4.90 Å². The summed E-state index contributed by atoms with van der Waals surface area (Å²) in [5.41, 5.74) is 1.29. The molecule has 2 aromatic carbocycles. The first-order valence-electron chi connectivity index (χ1n) is 6.52. The molecule has 0 radical (unpaired) electrons. The molecule has 2 aromatic rings. The Morgan fingerprint density at radius 2 is 1.58 bits per heavy atom. The van der Waals surface area contributed by atoms with Crippen LogP contribution in [0.4, 0.5) is 0 Å². The lowest BCUT2D eigenvalue weighted by Gasteiger charge is -2.13. The number of Topliss-reactive ketones (excluding diaryl/α,β-unsaturated/α-hetero) is 1. The first-order chi connectivity index (χ1) is 9.25. The fraction of sp³-hybridized carbons (Fsp3) is 0.235. The van der Waals surface area contributed by atoms with Crippen molar-refractivity contribution >= 4 is 17.5 Å². The molecule has 0 heterocycles. The highest BCUT2D eigenvalue weighted by molar-refractivity contribution is 8.00. The van der Waals surface area contributed by atoms with Gasteiger partial charge in [-0.05, 0) is 37.5 Å². The lowest BCUT2D eigenvalue weighted by molar-refractivity contribution is -0.116. The van der Waals surface area contributed by atoms with Gasteiger partial charge in [-0.2, -0.15) is 0 Å².